The molecule has 0 aromatic carbocycles. The molecule has 136 valence electrons. The number of hydrogen-bond donors (Lipinski definition) is 0. The first-order chi connectivity index (χ1) is 11.8. The minimum Gasteiger partial charge on any atom is -0.343 e. The fraction of sp³-hybridized carbons (Fsp3) is 0.615. The van der Waals surface area contributed by atoms with Crippen molar-refractivity contribution in [3.05, 3.63) is 17.7 Å². The number of halogens is 3. The van der Waals surface area contributed by atoms with Gasteiger partial charge in [0.2, 0.25) is 16.0 Å². The Morgan fingerprint density at radius 1 is 1.28 bits per heavy atom. The number of amides is 1. The molecule has 0 spiro atoms. The highest BCUT2D eigenvalue weighted by molar-refractivity contribution is 7.15. The Balaban J connectivity index is 1.54. The third-order valence-corrected chi connectivity index (χ3v) is 4.90. The molecule has 1 fully saturated rings. The Bertz CT molecular complexity index is 710. The molecule has 2 aromatic rings. The van der Waals surface area contributed by atoms with E-state index in [9.17, 15) is 18.0 Å². The van der Waals surface area contributed by atoms with Crippen LogP contribution in [0.3, 0.4) is 0 Å². The van der Waals surface area contributed by atoms with Gasteiger partial charge < -0.3 is 9.80 Å². The maximum Gasteiger partial charge on any atom is 0.445 e. The number of piperazine rings is 1. The highest BCUT2D eigenvalue weighted by Crippen LogP contribution is 2.34. The van der Waals surface area contributed by atoms with Crippen LogP contribution >= 0.6 is 11.3 Å². The molecule has 0 aliphatic carbocycles. The number of carbonyl (C=O) groups excluding carboxylic acids is 1. The molecule has 0 saturated carbocycles. The minimum atomic E-state index is -4.48. The van der Waals surface area contributed by atoms with Crippen molar-refractivity contribution in [2.24, 2.45) is 5.92 Å². The summed E-state index contributed by atoms with van der Waals surface area (Å²) in [6.45, 7) is 3.96. The predicted octanol–water partition coefficient (Wildman–Crippen LogP) is 1.13. The minimum absolute atomic E-state index is 0.0107. The van der Waals surface area contributed by atoms with E-state index in [-0.39, 0.29) is 17.0 Å². The first kappa shape index (κ1) is 17.6. The van der Waals surface area contributed by atoms with Gasteiger partial charge in [0, 0.05) is 26.2 Å². The smallest absolute Gasteiger partial charge is 0.343 e. The molecule has 2 aromatic heterocycles. The van der Waals surface area contributed by atoms with Gasteiger partial charge in [0.25, 0.3) is 0 Å². The van der Waals surface area contributed by atoms with Crippen molar-refractivity contribution in [1.29, 1.82) is 0 Å². The Kier molecular flexibility index (Phi) is 4.88. The van der Waals surface area contributed by atoms with Crippen molar-refractivity contribution < 1.29 is 18.0 Å². The molecule has 1 unspecified atom stereocenters. The van der Waals surface area contributed by atoms with E-state index in [0.29, 0.717) is 44.1 Å². The maximum atomic E-state index is 12.6. The number of carbonyl (C=O) groups is 1. The number of rotatable bonds is 4. The zero-order chi connectivity index (χ0) is 18.0. The number of anilines is 1. The van der Waals surface area contributed by atoms with Gasteiger partial charge in [0.05, 0.1) is 12.5 Å². The van der Waals surface area contributed by atoms with Crippen molar-refractivity contribution in [2.45, 2.75) is 19.6 Å². The first-order valence-corrected chi connectivity index (χ1v) is 8.43. The Morgan fingerprint density at radius 3 is 2.56 bits per heavy atom. The summed E-state index contributed by atoms with van der Waals surface area (Å²) in [5, 5.41) is 10.1. The fourth-order valence-corrected chi connectivity index (χ4v) is 3.34. The van der Waals surface area contributed by atoms with Gasteiger partial charge in [-0.2, -0.15) is 18.3 Å². The highest BCUT2D eigenvalue weighted by Gasteiger charge is 2.36. The molecule has 12 heteroatoms. The molecule has 1 atom stereocenters. The summed E-state index contributed by atoms with van der Waals surface area (Å²) >= 11 is 0.522. The Labute approximate surface area is 145 Å². The summed E-state index contributed by atoms with van der Waals surface area (Å²) in [4.78, 5) is 19.7. The van der Waals surface area contributed by atoms with Gasteiger partial charge in [0.1, 0.15) is 12.7 Å². The maximum absolute atomic E-state index is 12.6. The second-order valence-corrected chi connectivity index (χ2v) is 6.67. The van der Waals surface area contributed by atoms with Crippen molar-refractivity contribution >= 4 is 22.4 Å². The van der Waals surface area contributed by atoms with E-state index in [1.165, 1.54) is 6.33 Å². The van der Waals surface area contributed by atoms with Gasteiger partial charge in [0.15, 0.2) is 0 Å². The number of nitrogens with zero attached hydrogens (tertiary/aromatic N) is 7. The number of alkyl halides is 3. The van der Waals surface area contributed by atoms with E-state index in [0.717, 1.165) is 0 Å². The summed E-state index contributed by atoms with van der Waals surface area (Å²) in [5.41, 5.74) is 0. The number of aromatic nitrogens is 5. The molecule has 3 rings (SSSR count). The fourth-order valence-electron chi connectivity index (χ4n) is 2.57. The second kappa shape index (κ2) is 6.94. The topological polar surface area (TPSA) is 80.0 Å². The van der Waals surface area contributed by atoms with Crippen LogP contribution in [0.2, 0.25) is 0 Å². The Hall–Kier alpha value is -2.24. The van der Waals surface area contributed by atoms with E-state index in [1.54, 1.807) is 20.8 Å². The molecule has 3 heterocycles. The van der Waals surface area contributed by atoms with Crippen LogP contribution in [0.1, 0.15) is 11.9 Å². The summed E-state index contributed by atoms with van der Waals surface area (Å²) in [6.07, 6.45) is -1.52. The van der Waals surface area contributed by atoms with E-state index in [2.05, 4.69) is 20.3 Å². The van der Waals surface area contributed by atoms with Gasteiger partial charge >= 0.3 is 6.18 Å². The average molecular weight is 375 g/mol. The monoisotopic (exact) mass is 375 g/mol. The molecule has 1 saturated heterocycles. The van der Waals surface area contributed by atoms with Gasteiger partial charge in [-0.15, -0.1) is 10.2 Å². The van der Waals surface area contributed by atoms with Gasteiger partial charge in [-0.05, 0) is 0 Å². The summed E-state index contributed by atoms with van der Waals surface area (Å²) < 4.78 is 39.4. The van der Waals surface area contributed by atoms with E-state index >= 15 is 0 Å². The molecule has 1 aliphatic rings. The SMILES string of the molecule is CC(Cn1cncn1)C(=O)N1CCN(c2nnc(C(F)(F)F)s2)CC1. The van der Waals surface area contributed by atoms with Crippen LogP contribution in [0, 0.1) is 5.92 Å². The van der Waals surface area contributed by atoms with Crippen LogP contribution < -0.4 is 4.90 Å². The van der Waals surface area contributed by atoms with Crippen LogP contribution in [0.4, 0.5) is 18.3 Å². The lowest BCUT2D eigenvalue weighted by Crippen LogP contribution is -2.50. The first-order valence-electron chi connectivity index (χ1n) is 7.61. The van der Waals surface area contributed by atoms with Crippen LogP contribution in [0.25, 0.3) is 0 Å². The molecule has 25 heavy (non-hydrogen) atoms. The lowest BCUT2D eigenvalue weighted by molar-refractivity contribution is -0.138. The van der Waals surface area contributed by atoms with Crippen LogP contribution in [0.5, 0.6) is 0 Å². The van der Waals surface area contributed by atoms with Crippen molar-refractivity contribution in [3.8, 4) is 0 Å². The number of hydrogen-bond acceptors (Lipinski definition) is 7. The van der Waals surface area contributed by atoms with Crippen LogP contribution in [0.15, 0.2) is 12.7 Å². The molecule has 8 nitrogen and oxygen atoms in total. The third kappa shape index (κ3) is 4.06. The average Bonchev–Trinajstić information content (AvgIpc) is 3.25. The van der Waals surface area contributed by atoms with E-state index in [1.807, 2.05) is 6.92 Å². The second-order valence-electron chi connectivity index (χ2n) is 5.72. The van der Waals surface area contributed by atoms with Crippen molar-refractivity contribution in [1.82, 2.24) is 29.9 Å². The summed E-state index contributed by atoms with van der Waals surface area (Å²) in [5.74, 6) is -0.269. The zero-order valence-corrected chi connectivity index (χ0v) is 14.2. The largest absolute Gasteiger partial charge is 0.445 e. The molecule has 0 N–H and O–H groups in total. The van der Waals surface area contributed by atoms with E-state index < -0.39 is 11.2 Å². The third-order valence-electron chi connectivity index (χ3n) is 3.87. The quantitative estimate of drug-likeness (QED) is 0.797. The molecular weight excluding hydrogens is 359 g/mol. The molecule has 1 aliphatic heterocycles. The molecular formula is C13H16F3N7OS. The Morgan fingerprint density at radius 2 is 2.00 bits per heavy atom. The van der Waals surface area contributed by atoms with Crippen LogP contribution in [-0.2, 0) is 17.5 Å². The van der Waals surface area contributed by atoms with Crippen molar-refractivity contribution in [2.75, 3.05) is 31.1 Å². The standard InChI is InChI=1S/C13H16F3N7OS/c1-9(6-23-8-17-7-18-23)10(24)21-2-4-22(5-3-21)12-20-19-11(25-12)13(14,15)16/h7-9H,2-6H2,1H3. The van der Waals surface area contributed by atoms with E-state index in [4.69, 9.17) is 0 Å². The zero-order valence-electron chi connectivity index (χ0n) is 13.3. The normalized spacial score (nSPS) is 17.0. The highest BCUT2D eigenvalue weighted by atomic mass is 32.1. The lowest BCUT2D eigenvalue weighted by Gasteiger charge is -2.35. The summed E-state index contributed by atoms with van der Waals surface area (Å²) in [6, 6.07) is 0. The van der Waals surface area contributed by atoms with Crippen molar-refractivity contribution in [3.63, 3.8) is 0 Å². The lowest BCUT2D eigenvalue weighted by atomic mass is 10.1. The van der Waals surface area contributed by atoms with Gasteiger partial charge in [-0.3, -0.25) is 9.48 Å². The predicted molar refractivity (Wildman–Crippen MR) is 82.9 cm³/mol. The van der Waals surface area contributed by atoms with Gasteiger partial charge in [-0.25, -0.2) is 4.98 Å². The summed E-state index contributed by atoms with van der Waals surface area (Å²) in [7, 11) is 0. The molecule has 0 radical (unpaired) electrons. The van der Waals surface area contributed by atoms with Crippen LogP contribution in [-0.4, -0.2) is 61.9 Å². The molecule has 0 bridgehead atoms. The van der Waals surface area contributed by atoms with Gasteiger partial charge in [-0.1, -0.05) is 18.3 Å². The molecule has 1 amide bonds.